The monoisotopic (exact) mass is 398 g/mol. The predicted octanol–water partition coefficient (Wildman–Crippen LogP) is 3.89. The minimum atomic E-state index is -3.63. The number of benzene rings is 2. The number of methoxy groups -OCH3 is 1. The molecule has 1 aliphatic rings. The van der Waals surface area contributed by atoms with Gasteiger partial charge in [-0.25, -0.2) is 8.42 Å². The zero-order chi connectivity index (χ0) is 20.1. The second-order valence-corrected chi connectivity index (χ2v) is 9.53. The molecule has 0 saturated carbocycles. The van der Waals surface area contributed by atoms with E-state index in [0.717, 1.165) is 22.3 Å². The number of hydrogen-bond acceptors (Lipinski definition) is 3. The fourth-order valence-corrected chi connectivity index (χ4v) is 5.67. The molecule has 1 N–H and O–H groups in total. The first-order valence-corrected chi connectivity index (χ1v) is 11.0. The predicted molar refractivity (Wildman–Crippen MR) is 112 cm³/mol. The van der Waals surface area contributed by atoms with E-state index in [-0.39, 0.29) is 4.90 Å². The summed E-state index contributed by atoms with van der Waals surface area (Å²) < 4.78 is 33.8. The van der Waals surface area contributed by atoms with Crippen molar-refractivity contribution < 1.29 is 13.2 Å². The first-order chi connectivity index (χ1) is 13.3. The average molecular weight is 399 g/mol. The number of rotatable bonds is 3. The lowest BCUT2D eigenvalue weighted by molar-refractivity contribution is 0.391. The zero-order valence-corrected chi connectivity index (χ0v) is 17.6. The molecule has 0 spiro atoms. The van der Waals surface area contributed by atoms with Gasteiger partial charge in [0.15, 0.2) is 0 Å². The quantitative estimate of drug-likeness (QED) is 0.728. The molecule has 0 radical (unpaired) electrons. The van der Waals surface area contributed by atoms with Gasteiger partial charge in [-0.2, -0.15) is 4.31 Å². The lowest BCUT2D eigenvalue weighted by Crippen LogP contribution is -2.33. The van der Waals surface area contributed by atoms with E-state index in [1.54, 1.807) is 16.4 Å². The van der Waals surface area contributed by atoms with Crippen LogP contribution in [0.3, 0.4) is 0 Å². The summed E-state index contributed by atoms with van der Waals surface area (Å²) in [4.78, 5) is 3.74. The standard InChI is InChI=1S/C22H26N2O3S/c1-14-5-6-19-18(11-14)17-7-9-24(10-8-20(17)23-19)28(25,26)22-13-16(3)15(2)12-21(22)27-4/h5-6,11-13,23H,7-10H2,1-4H3. The van der Waals surface area contributed by atoms with Crippen molar-refractivity contribution in [3.05, 3.63) is 58.3 Å². The van der Waals surface area contributed by atoms with Crippen molar-refractivity contribution in [3.8, 4) is 5.75 Å². The topological polar surface area (TPSA) is 62.4 Å². The van der Waals surface area contributed by atoms with Gasteiger partial charge in [0.25, 0.3) is 0 Å². The van der Waals surface area contributed by atoms with Crippen LogP contribution in [-0.2, 0) is 22.9 Å². The summed E-state index contributed by atoms with van der Waals surface area (Å²) in [5.74, 6) is 0.409. The summed E-state index contributed by atoms with van der Waals surface area (Å²) >= 11 is 0. The van der Waals surface area contributed by atoms with Crippen molar-refractivity contribution in [3.63, 3.8) is 0 Å². The maximum atomic E-state index is 13.4. The molecular weight excluding hydrogens is 372 g/mol. The fourth-order valence-electron chi connectivity index (χ4n) is 4.00. The smallest absolute Gasteiger partial charge is 0.246 e. The molecule has 5 nitrogen and oxygen atoms in total. The molecule has 3 aromatic rings. The molecule has 0 unspecified atom stereocenters. The van der Waals surface area contributed by atoms with E-state index in [9.17, 15) is 8.42 Å². The second-order valence-electron chi connectivity index (χ2n) is 7.62. The normalized spacial score (nSPS) is 15.4. The van der Waals surface area contributed by atoms with Crippen LogP contribution in [0.15, 0.2) is 35.2 Å². The molecule has 148 valence electrons. The summed E-state index contributed by atoms with van der Waals surface area (Å²) in [6.45, 7) is 6.89. The highest BCUT2D eigenvalue weighted by atomic mass is 32.2. The van der Waals surface area contributed by atoms with Gasteiger partial charge in [0, 0.05) is 36.1 Å². The van der Waals surface area contributed by atoms with E-state index in [4.69, 9.17) is 4.74 Å². The van der Waals surface area contributed by atoms with E-state index >= 15 is 0 Å². The van der Waals surface area contributed by atoms with Gasteiger partial charge < -0.3 is 9.72 Å². The van der Waals surface area contributed by atoms with Crippen LogP contribution in [-0.4, -0.2) is 37.9 Å². The van der Waals surface area contributed by atoms with Gasteiger partial charge in [-0.15, -0.1) is 0 Å². The maximum Gasteiger partial charge on any atom is 0.246 e. The molecule has 0 saturated heterocycles. The second kappa shape index (κ2) is 6.94. The Hall–Kier alpha value is -2.31. The highest BCUT2D eigenvalue weighted by Crippen LogP contribution is 2.32. The van der Waals surface area contributed by atoms with Crippen molar-refractivity contribution >= 4 is 20.9 Å². The largest absolute Gasteiger partial charge is 0.495 e. The summed E-state index contributed by atoms with van der Waals surface area (Å²) in [5, 5.41) is 1.21. The molecule has 4 rings (SSSR count). The minimum Gasteiger partial charge on any atom is -0.495 e. The Labute approximate surface area is 166 Å². The van der Waals surface area contributed by atoms with Crippen molar-refractivity contribution in [2.24, 2.45) is 0 Å². The molecule has 1 aliphatic heterocycles. The minimum absolute atomic E-state index is 0.254. The number of nitrogens with one attached hydrogen (secondary N) is 1. The van der Waals surface area contributed by atoms with Crippen LogP contribution < -0.4 is 4.74 Å². The van der Waals surface area contributed by atoms with Crippen molar-refractivity contribution in [1.29, 1.82) is 0 Å². The fraction of sp³-hybridized carbons (Fsp3) is 0.364. The Morgan fingerprint density at radius 2 is 1.71 bits per heavy atom. The number of ether oxygens (including phenoxy) is 1. The SMILES string of the molecule is COc1cc(C)c(C)cc1S(=O)(=O)N1CCc2[nH]c3ccc(C)cc3c2CC1. The average Bonchev–Trinajstić information content (AvgIpc) is 2.85. The van der Waals surface area contributed by atoms with E-state index in [0.29, 0.717) is 31.7 Å². The van der Waals surface area contributed by atoms with Crippen LogP contribution in [0.4, 0.5) is 0 Å². The van der Waals surface area contributed by atoms with Crippen molar-refractivity contribution in [1.82, 2.24) is 9.29 Å². The number of sulfonamides is 1. The van der Waals surface area contributed by atoms with Crippen LogP contribution in [0, 0.1) is 20.8 Å². The number of aryl methyl sites for hydroxylation is 3. The molecule has 0 atom stereocenters. The molecule has 1 aromatic heterocycles. The number of fused-ring (bicyclic) bond motifs is 3. The first-order valence-electron chi connectivity index (χ1n) is 9.56. The van der Waals surface area contributed by atoms with Crippen molar-refractivity contribution in [2.45, 2.75) is 38.5 Å². The molecular formula is C22H26N2O3S. The van der Waals surface area contributed by atoms with Crippen LogP contribution in [0.2, 0.25) is 0 Å². The number of aromatic amines is 1. The summed E-state index contributed by atoms with van der Waals surface area (Å²) in [6, 6.07) is 9.92. The third kappa shape index (κ3) is 3.10. The van der Waals surface area contributed by atoms with E-state index < -0.39 is 10.0 Å². The Bertz CT molecular complexity index is 1160. The summed E-state index contributed by atoms with van der Waals surface area (Å²) in [5.41, 5.74) is 6.68. The van der Waals surface area contributed by atoms with Crippen LogP contribution >= 0.6 is 0 Å². The van der Waals surface area contributed by atoms with Crippen LogP contribution in [0.5, 0.6) is 5.75 Å². The maximum absolute atomic E-state index is 13.4. The van der Waals surface area contributed by atoms with E-state index in [1.807, 2.05) is 13.8 Å². The lowest BCUT2D eigenvalue weighted by Gasteiger charge is -2.22. The number of hydrogen-bond donors (Lipinski definition) is 1. The summed E-state index contributed by atoms with van der Waals surface area (Å²) in [6.07, 6.45) is 1.38. The Morgan fingerprint density at radius 1 is 1.00 bits per heavy atom. The van der Waals surface area contributed by atoms with Crippen LogP contribution in [0.1, 0.15) is 27.9 Å². The molecule has 0 amide bonds. The Kier molecular flexibility index (Phi) is 4.71. The molecule has 2 heterocycles. The third-order valence-electron chi connectivity index (χ3n) is 5.77. The molecule has 6 heteroatoms. The van der Waals surface area contributed by atoms with Gasteiger partial charge in [0.2, 0.25) is 10.0 Å². The van der Waals surface area contributed by atoms with Crippen LogP contribution in [0.25, 0.3) is 10.9 Å². The van der Waals surface area contributed by atoms with Gasteiger partial charge in [0.1, 0.15) is 10.6 Å². The van der Waals surface area contributed by atoms with Gasteiger partial charge >= 0.3 is 0 Å². The molecule has 2 aromatic carbocycles. The van der Waals surface area contributed by atoms with Gasteiger partial charge in [-0.3, -0.25) is 0 Å². The highest BCUT2D eigenvalue weighted by Gasteiger charge is 2.30. The van der Waals surface area contributed by atoms with E-state index in [1.165, 1.54) is 23.6 Å². The lowest BCUT2D eigenvalue weighted by atomic mass is 10.1. The molecule has 28 heavy (non-hydrogen) atoms. The van der Waals surface area contributed by atoms with Gasteiger partial charge in [-0.1, -0.05) is 11.6 Å². The molecule has 0 aliphatic carbocycles. The summed E-state index contributed by atoms with van der Waals surface area (Å²) in [7, 11) is -2.11. The number of aromatic nitrogens is 1. The third-order valence-corrected chi connectivity index (χ3v) is 7.69. The highest BCUT2D eigenvalue weighted by molar-refractivity contribution is 7.89. The van der Waals surface area contributed by atoms with Gasteiger partial charge in [0.05, 0.1) is 7.11 Å². The zero-order valence-electron chi connectivity index (χ0n) is 16.8. The molecule has 0 bridgehead atoms. The number of H-pyrrole nitrogens is 1. The first kappa shape index (κ1) is 19.0. The Morgan fingerprint density at radius 3 is 2.46 bits per heavy atom. The van der Waals surface area contributed by atoms with E-state index in [2.05, 4.69) is 30.1 Å². The van der Waals surface area contributed by atoms with Gasteiger partial charge in [-0.05, 0) is 68.1 Å². The molecule has 0 fully saturated rings. The van der Waals surface area contributed by atoms with Crippen molar-refractivity contribution in [2.75, 3.05) is 20.2 Å². The Balaban J connectivity index is 1.69. The number of nitrogens with zero attached hydrogens (tertiary/aromatic N) is 1.